The van der Waals surface area contributed by atoms with Crippen molar-refractivity contribution in [2.45, 2.75) is 183 Å². The Labute approximate surface area is 458 Å². The Bertz CT molecular complexity index is 3160. The lowest BCUT2D eigenvalue weighted by Crippen LogP contribution is -2.53. The van der Waals surface area contributed by atoms with E-state index in [0.717, 1.165) is 0 Å². The number of rotatable bonds is 24. The number of carbonyl (C=O) groups excluding carboxylic acids is 4. The molecule has 3 aliphatic heterocycles. The number of hydrogen-bond donors (Lipinski definition) is 4. The number of hydroxylamine groups is 2. The molecule has 21 nitrogen and oxygen atoms in total. The van der Waals surface area contributed by atoms with Crippen molar-refractivity contribution in [2.24, 2.45) is 0 Å². The summed E-state index contributed by atoms with van der Waals surface area (Å²) in [6.45, 7) is 21.0. The van der Waals surface area contributed by atoms with Gasteiger partial charge in [-0.1, -0.05) is 6.92 Å². The lowest BCUT2D eigenvalue weighted by atomic mass is 9.72. The number of aliphatic hydroxyl groups is 1. The Kier molecular flexibility index (Phi) is 17.6. The maximum atomic E-state index is 14.9. The van der Waals surface area contributed by atoms with Crippen LogP contribution < -0.4 is 9.80 Å². The van der Waals surface area contributed by atoms with Gasteiger partial charge in [0.05, 0.1) is 50.4 Å². The van der Waals surface area contributed by atoms with E-state index in [2.05, 4.69) is 0 Å². The predicted molar refractivity (Wildman–Crippen MR) is 288 cm³/mol. The summed E-state index contributed by atoms with van der Waals surface area (Å²) in [4.78, 5) is 59.8. The van der Waals surface area contributed by atoms with E-state index in [0.29, 0.717) is 39.7 Å². The summed E-state index contributed by atoms with van der Waals surface area (Å²) in [6, 6.07) is 7.39. The molecule has 0 radical (unpaired) electrons. The number of ketones is 1. The van der Waals surface area contributed by atoms with E-state index in [1.165, 1.54) is 37.4 Å². The standard InChI is InChI=1S/C54H75N3O18S3/c1-49(2,3)73-27-23-50(4,5)55-40-16-14-34(77(66,67)68)30-38(40)53(10,21-13-29-76(63,64)65)42(55)32-36-47(61)37(48(36)62)33-43-54(11,25-26-72-12)39-31-35(78(69,70)71)15-17-41(39)56(43)51(6,7)24-28-74-52(8,9)22-20-46(60)75-57-44(58)18-19-45(57)59/h14-17,30-33,42,61H,13,18-29H2,1-12H3,(H,63,64,65)(H,66,67,68)(H,69,70,71)/b36-32-,43-33+. The molecule has 3 atom stereocenters. The second-order valence-corrected chi connectivity index (χ2v) is 28.2. The van der Waals surface area contributed by atoms with E-state index in [1.54, 1.807) is 39.0 Å². The minimum Gasteiger partial charge on any atom is -0.506 e. The number of nitrogens with zero attached hydrogens (tertiary/aromatic N) is 3. The Morgan fingerprint density at radius 3 is 1.83 bits per heavy atom. The van der Waals surface area contributed by atoms with Crippen molar-refractivity contribution in [3.05, 3.63) is 82.3 Å². The molecule has 0 aromatic heterocycles. The molecule has 1 fully saturated rings. The van der Waals surface area contributed by atoms with Crippen LogP contribution in [0.1, 0.15) is 145 Å². The van der Waals surface area contributed by atoms with Gasteiger partial charge in [-0.15, -0.1) is 5.06 Å². The van der Waals surface area contributed by atoms with E-state index in [4.69, 9.17) is 19.0 Å². The van der Waals surface area contributed by atoms with Gasteiger partial charge in [-0.25, -0.2) is 4.79 Å². The molecule has 0 saturated carbocycles. The smallest absolute Gasteiger partial charge is 0.333 e. The Morgan fingerprint density at radius 2 is 1.29 bits per heavy atom. The number of carbonyl (C=O) groups is 4. The number of methoxy groups -OCH3 is 1. The average molecular weight is 1150 g/mol. The summed E-state index contributed by atoms with van der Waals surface area (Å²) in [5.41, 5.74) is -3.41. The summed E-state index contributed by atoms with van der Waals surface area (Å²) in [5.74, 6) is -3.61. The monoisotopic (exact) mass is 1150 g/mol. The molecule has 0 bridgehead atoms. The van der Waals surface area contributed by atoms with Gasteiger partial charge in [0.1, 0.15) is 5.76 Å². The zero-order valence-corrected chi connectivity index (χ0v) is 48.9. The number of imide groups is 1. The van der Waals surface area contributed by atoms with Crippen molar-refractivity contribution in [1.82, 2.24) is 5.06 Å². The molecule has 2 aromatic rings. The zero-order valence-electron chi connectivity index (χ0n) is 46.5. The summed E-state index contributed by atoms with van der Waals surface area (Å²) < 4.78 is 123. The van der Waals surface area contributed by atoms with E-state index in [9.17, 15) is 63.2 Å². The van der Waals surface area contributed by atoms with Crippen molar-refractivity contribution in [2.75, 3.05) is 42.5 Å². The van der Waals surface area contributed by atoms with Gasteiger partial charge in [-0.3, -0.25) is 28.0 Å². The van der Waals surface area contributed by atoms with Crippen molar-refractivity contribution in [1.29, 1.82) is 0 Å². The van der Waals surface area contributed by atoms with Crippen LogP contribution in [0, 0.1) is 0 Å². The first kappa shape index (κ1) is 62.2. The molecule has 24 heteroatoms. The fraction of sp³-hybridized carbons (Fsp3) is 0.593. The number of benzene rings is 2. The number of fused-ring (bicyclic) bond motifs is 2. The normalized spacial score (nSPS) is 22.5. The SMILES string of the molecule is COCCC1(C)/C(=C\C2=C(O)C(=C/C3N(C(C)(C)CCOC(C)(C)C)c4ccc(S(=O)(=O)O)cc4C3(C)CCCS(=O)(=O)O)/C2=O)N(C(C)(C)CCOC(C)(C)CCC(=O)ON2C(=O)CCC2=O)c2ccc(S(=O)(=O)O)cc21. The lowest BCUT2D eigenvalue weighted by molar-refractivity contribution is -0.198. The first-order chi connectivity index (χ1) is 35.7. The average Bonchev–Trinajstić information content (AvgIpc) is 3.92. The van der Waals surface area contributed by atoms with Gasteiger partial charge < -0.3 is 34.0 Å². The van der Waals surface area contributed by atoms with Crippen LogP contribution in [0.2, 0.25) is 0 Å². The third-order valence-corrected chi connectivity index (χ3v) is 17.8. The van der Waals surface area contributed by atoms with Crippen molar-refractivity contribution in [3.63, 3.8) is 0 Å². The molecule has 3 unspecified atom stereocenters. The quantitative estimate of drug-likeness (QED) is 0.0446. The molecule has 2 aromatic carbocycles. The van der Waals surface area contributed by atoms with Gasteiger partial charge in [0.15, 0.2) is 5.78 Å². The molecule has 2 amide bonds. The largest absolute Gasteiger partial charge is 0.506 e. The van der Waals surface area contributed by atoms with Gasteiger partial charge in [0.25, 0.3) is 42.2 Å². The summed E-state index contributed by atoms with van der Waals surface area (Å²) in [5, 5.41) is 12.8. The van der Waals surface area contributed by atoms with Crippen LogP contribution in [-0.2, 0) is 79.4 Å². The van der Waals surface area contributed by atoms with Gasteiger partial charge in [-0.2, -0.15) is 25.3 Å². The van der Waals surface area contributed by atoms with Crippen LogP contribution >= 0.6 is 0 Å². The predicted octanol–water partition coefficient (Wildman–Crippen LogP) is 7.65. The van der Waals surface area contributed by atoms with E-state index in [-0.39, 0.29) is 87.2 Å². The molecule has 3 heterocycles. The zero-order chi connectivity index (χ0) is 58.6. The van der Waals surface area contributed by atoms with E-state index < -0.39 is 109 Å². The van der Waals surface area contributed by atoms with Crippen LogP contribution in [0.25, 0.3) is 0 Å². The second kappa shape index (κ2) is 22.1. The highest BCUT2D eigenvalue weighted by Gasteiger charge is 2.54. The Balaban J connectivity index is 1.45. The molecular weight excluding hydrogens is 1070 g/mol. The molecule has 1 aliphatic carbocycles. The number of aliphatic hydroxyl groups excluding tert-OH is 1. The maximum absolute atomic E-state index is 14.9. The van der Waals surface area contributed by atoms with Gasteiger partial charge in [-0.05, 0) is 167 Å². The highest BCUT2D eigenvalue weighted by Crippen LogP contribution is 2.56. The van der Waals surface area contributed by atoms with Gasteiger partial charge in [0, 0.05) is 78.8 Å². The lowest BCUT2D eigenvalue weighted by Gasteiger charge is -2.45. The first-order valence-corrected chi connectivity index (χ1v) is 30.2. The number of ether oxygens (including phenoxy) is 3. The summed E-state index contributed by atoms with van der Waals surface area (Å²) >= 11 is 0. The van der Waals surface area contributed by atoms with Crippen LogP contribution in [0.15, 0.2) is 80.9 Å². The first-order valence-electron chi connectivity index (χ1n) is 25.7. The molecule has 6 rings (SSSR count). The third kappa shape index (κ3) is 13.4. The van der Waals surface area contributed by atoms with Crippen molar-refractivity contribution >= 4 is 65.3 Å². The van der Waals surface area contributed by atoms with Crippen LogP contribution in [0.4, 0.5) is 11.4 Å². The molecule has 4 N–H and O–H groups in total. The topological polar surface area (TPSA) is 298 Å². The third-order valence-electron chi connectivity index (χ3n) is 15.3. The Morgan fingerprint density at radius 1 is 0.744 bits per heavy atom. The summed E-state index contributed by atoms with van der Waals surface area (Å²) in [7, 11) is -12.4. The number of hydrogen-bond acceptors (Lipinski definition) is 17. The molecule has 78 heavy (non-hydrogen) atoms. The minimum atomic E-state index is -4.75. The molecule has 0 spiro atoms. The molecular formula is C54H75N3O18S3. The fourth-order valence-corrected chi connectivity index (χ4v) is 12.3. The number of Topliss-reactive ketones (excluding diaryl/α,β-unsaturated/α-hetero) is 1. The maximum Gasteiger partial charge on any atom is 0.333 e. The van der Waals surface area contributed by atoms with Crippen LogP contribution in [0.5, 0.6) is 0 Å². The number of anilines is 2. The Hall–Kier alpha value is -5.05. The van der Waals surface area contributed by atoms with Gasteiger partial charge >= 0.3 is 5.97 Å². The minimum absolute atomic E-state index is 0.0199. The van der Waals surface area contributed by atoms with E-state index >= 15 is 0 Å². The summed E-state index contributed by atoms with van der Waals surface area (Å²) in [6.07, 6.45) is 3.82. The number of amides is 2. The second-order valence-electron chi connectivity index (χ2n) is 23.8. The number of allylic oxidation sites excluding steroid dienone is 4. The van der Waals surface area contributed by atoms with Crippen molar-refractivity contribution < 1.29 is 82.2 Å². The van der Waals surface area contributed by atoms with Crippen LogP contribution in [-0.4, -0.2) is 134 Å². The highest BCUT2D eigenvalue weighted by atomic mass is 32.2. The molecule has 1 saturated heterocycles. The van der Waals surface area contributed by atoms with E-state index in [1.807, 2.05) is 65.2 Å². The molecule has 4 aliphatic rings. The van der Waals surface area contributed by atoms with Crippen molar-refractivity contribution in [3.8, 4) is 0 Å². The van der Waals surface area contributed by atoms with Gasteiger partial charge in [0.2, 0.25) is 0 Å². The fourth-order valence-electron chi connectivity index (χ4n) is 10.8. The highest BCUT2D eigenvalue weighted by molar-refractivity contribution is 7.86. The molecule has 432 valence electrons. The van der Waals surface area contributed by atoms with Crippen LogP contribution in [0.3, 0.4) is 0 Å².